The Morgan fingerprint density at radius 2 is 1.59 bits per heavy atom. The molecule has 3 amide bonds. The number of nitrogens with zero attached hydrogens (tertiary/aromatic N) is 1. The molecule has 7 nitrogen and oxygen atoms in total. The number of rotatable bonds is 7. The molecule has 0 saturated carbocycles. The predicted molar refractivity (Wildman–Crippen MR) is 131 cm³/mol. The molecule has 3 aromatic carbocycles. The van der Waals surface area contributed by atoms with Crippen LogP contribution in [-0.2, 0) is 6.54 Å². The van der Waals surface area contributed by atoms with Crippen LogP contribution in [0, 0.1) is 0 Å². The van der Waals surface area contributed by atoms with Crippen LogP contribution < -0.4 is 20.1 Å². The Kier molecular flexibility index (Phi) is 7.65. The van der Waals surface area contributed by atoms with Crippen molar-refractivity contribution < 1.29 is 19.1 Å². The zero-order valence-corrected chi connectivity index (χ0v) is 19.2. The molecular formula is C27H29N3O4. The van der Waals surface area contributed by atoms with Gasteiger partial charge in [0, 0.05) is 49.8 Å². The van der Waals surface area contributed by atoms with Gasteiger partial charge >= 0.3 is 6.03 Å². The average Bonchev–Trinajstić information content (AvgIpc) is 2.88. The van der Waals surface area contributed by atoms with Crippen molar-refractivity contribution in [1.29, 1.82) is 0 Å². The van der Waals surface area contributed by atoms with E-state index in [2.05, 4.69) is 10.6 Å². The van der Waals surface area contributed by atoms with Gasteiger partial charge in [0.2, 0.25) is 0 Å². The van der Waals surface area contributed by atoms with Gasteiger partial charge in [-0.1, -0.05) is 48.5 Å². The number of carbonyl (C=O) groups excluding carboxylic acids is 2. The molecule has 176 valence electrons. The van der Waals surface area contributed by atoms with E-state index < -0.39 is 0 Å². The van der Waals surface area contributed by atoms with E-state index in [-0.39, 0.29) is 18.0 Å². The number of anilines is 1. The van der Waals surface area contributed by atoms with Crippen LogP contribution in [0.1, 0.15) is 28.8 Å². The number of nitrogens with one attached hydrogen (secondary N) is 2. The maximum atomic E-state index is 12.9. The molecule has 1 aliphatic heterocycles. The molecule has 0 unspecified atom stereocenters. The van der Waals surface area contributed by atoms with Gasteiger partial charge in [-0.3, -0.25) is 4.79 Å². The lowest BCUT2D eigenvalue weighted by atomic mass is 10.1. The third-order valence-corrected chi connectivity index (χ3v) is 5.73. The Morgan fingerprint density at radius 1 is 0.912 bits per heavy atom. The molecule has 1 aliphatic rings. The highest BCUT2D eigenvalue weighted by atomic mass is 16.5. The van der Waals surface area contributed by atoms with Crippen LogP contribution in [0.5, 0.6) is 11.5 Å². The lowest BCUT2D eigenvalue weighted by Crippen LogP contribution is -2.43. The smallest absolute Gasteiger partial charge is 0.321 e. The van der Waals surface area contributed by atoms with E-state index in [9.17, 15) is 9.59 Å². The van der Waals surface area contributed by atoms with Gasteiger partial charge in [-0.15, -0.1) is 0 Å². The van der Waals surface area contributed by atoms with E-state index in [0.717, 1.165) is 24.2 Å². The van der Waals surface area contributed by atoms with Crippen LogP contribution in [0.15, 0.2) is 78.9 Å². The molecule has 1 saturated heterocycles. The predicted octanol–water partition coefficient (Wildman–Crippen LogP) is 4.70. The van der Waals surface area contributed by atoms with E-state index in [0.29, 0.717) is 36.6 Å². The third-order valence-electron chi connectivity index (χ3n) is 5.73. The van der Waals surface area contributed by atoms with Crippen molar-refractivity contribution in [2.45, 2.75) is 25.5 Å². The first kappa shape index (κ1) is 23.2. The number of hydrogen-bond acceptors (Lipinski definition) is 4. The normalized spacial score (nSPS) is 13.7. The summed E-state index contributed by atoms with van der Waals surface area (Å²) in [7, 11) is 1.53. The van der Waals surface area contributed by atoms with Crippen molar-refractivity contribution in [3.63, 3.8) is 0 Å². The van der Waals surface area contributed by atoms with Crippen LogP contribution in [-0.4, -0.2) is 43.1 Å². The topological polar surface area (TPSA) is 79.9 Å². The van der Waals surface area contributed by atoms with Crippen molar-refractivity contribution in [2.75, 3.05) is 25.5 Å². The molecule has 0 atom stereocenters. The highest BCUT2D eigenvalue weighted by Gasteiger charge is 2.24. The van der Waals surface area contributed by atoms with Crippen LogP contribution >= 0.6 is 0 Å². The average molecular weight is 460 g/mol. The van der Waals surface area contributed by atoms with Gasteiger partial charge in [0.25, 0.3) is 5.91 Å². The zero-order valence-electron chi connectivity index (χ0n) is 19.2. The first-order valence-electron chi connectivity index (χ1n) is 11.4. The maximum Gasteiger partial charge on any atom is 0.321 e. The molecule has 3 aromatic rings. The van der Waals surface area contributed by atoms with Gasteiger partial charge in [-0.05, 0) is 29.8 Å². The van der Waals surface area contributed by atoms with Gasteiger partial charge in [0.1, 0.15) is 17.6 Å². The van der Waals surface area contributed by atoms with Crippen molar-refractivity contribution in [1.82, 2.24) is 10.2 Å². The second kappa shape index (κ2) is 11.2. The minimum atomic E-state index is -0.239. The Morgan fingerprint density at radius 3 is 2.26 bits per heavy atom. The fraction of sp³-hybridized carbons (Fsp3) is 0.259. The summed E-state index contributed by atoms with van der Waals surface area (Å²) < 4.78 is 11.4. The Labute approximate surface area is 199 Å². The number of hydrogen-bond donors (Lipinski definition) is 2. The molecule has 0 radical (unpaired) electrons. The summed E-state index contributed by atoms with van der Waals surface area (Å²) in [6.07, 6.45) is 1.60. The van der Waals surface area contributed by atoms with Gasteiger partial charge in [-0.25, -0.2) is 4.79 Å². The quantitative estimate of drug-likeness (QED) is 0.537. The van der Waals surface area contributed by atoms with Crippen LogP contribution in [0.25, 0.3) is 0 Å². The summed E-state index contributed by atoms with van der Waals surface area (Å²) in [5.41, 5.74) is 1.93. The van der Waals surface area contributed by atoms with Crippen LogP contribution in [0.2, 0.25) is 0 Å². The molecule has 1 heterocycles. The fourth-order valence-electron chi connectivity index (χ4n) is 3.87. The Balaban J connectivity index is 1.33. The number of urea groups is 1. The van der Waals surface area contributed by atoms with Crippen molar-refractivity contribution >= 4 is 17.6 Å². The Hall–Kier alpha value is -4.00. The second-order valence-corrected chi connectivity index (χ2v) is 8.17. The van der Waals surface area contributed by atoms with E-state index in [1.165, 1.54) is 7.11 Å². The molecule has 1 fully saturated rings. The van der Waals surface area contributed by atoms with Crippen molar-refractivity contribution in [3.8, 4) is 11.5 Å². The molecular weight excluding hydrogens is 430 g/mol. The summed E-state index contributed by atoms with van der Waals surface area (Å²) in [4.78, 5) is 27.3. The monoisotopic (exact) mass is 459 g/mol. The SMILES string of the molecule is COc1cc(NC(=O)N2CCC(Oc3ccccc3)CC2)cc(C(=O)NCc2ccccc2)c1. The zero-order chi connectivity index (χ0) is 23.8. The Bertz CT molecular complexity index is 1100. The van der Waals surface area contributed by atoms with Gasteiger partial charge in [0.05, 0.1) is 7.11 Å². The van der Waals surface area contributed by atoms with Crippen molar-refractivity contribution in [2.24, 2.45) is 0 Å². The van der Waals surface area contributed by atoms with E-state index in [1.807, 2.05) is 60.7 Å². The number of amides is 3. The first-order valence-corrected chi connectivity index (χ1v) is 11.4. The summed E-state index contributed by atoms with van der Waals surface area (Å²) in [6.45, 7) is 1.61. The third kappa shape index (κ3) is 6.28. The van der Waals surface area contributed by atoms with Gasteiger partial charge in [0.15, 0.2) is 0 Å². The minimum absolute atomic E-state index is 0.0863. The second-order valence-electron chi connectivity index (χ2n) is 8.17. The molecule has 7 heteroatoms. The van der Waals surface area contributed by atoms with Crippen LogP contribution in [0.3, 0.4) is 0 Å². The first-order chi connectivity index (χ1) is 16.6. The number of para-hydroxylation sites is 1. The molecule has 2 N–H and O–H groups in total. The highest BCUT2D eigenvalue weighted by Crippen LogP contribution is 2.23. The minimum Gasteiger partial charge on any atom is -0.497 e. The lowest BCUT2D eigenvalue weighted by Gasteiger charge is -2.32. The number of likely N-dealkylation sites (tertiary alicyclic amines) is 1. The number of methoxy groups -OCH3 is 1. The fourth-order valence-corrected chi connectivity index (χ4v) is 3.87. The lowest BCUT2D eigenvalue weighted by molar-refractivity contribution is 0.0950. The van der Waals surface area contributed by atoms with Crippen molar-refractivity contribution in [3.05, 3.63) is 90.0 Å². The van der Waals surface area contributed by atoms with Crippen LogP contribution in [0.4, 0.5) is 10.5 Å². The summed E-state index contributed by atoms with van der Waals surface area (Å²) >= 11 is 0. The number of piperidine rings is 1. The molecule has 0 aliphatic carbocycles. The number of ether oxygens (including phenoxy) is 2. The summed E-state index contributed by atoms with van der Waals surface area (Å²) in [5, 5.41) is 5.81. The van der Waals surface area contributed by atoms with Gasteiger partial charge < -0.3 is 25.0 Å². The summed E-state index contributed by atoms with van der Waals surface area (Å²) in [5.74, 6) is 1.11. The summed E-state index contributed by atoms with van der Waals surface area (Å²) in [6, 6.07) is 24.2. The number of carbonyl (C=O) groups is 2. The van der Waals surface area contributed by atoms with Gasteiger partial charge in [-0.2, -0.15) is 0 Å². The standard InChI is InChI=1S/C27H29N3O4/c1-33-25-17-21(26(31)28-19-20-8-4-2-5-9-20)16-22(18-25)29-27(32)30-14-12-24(13-15-30)34-23-10-6-3-7-11-23/h2-11,16-18,24H,12-15,19H2,1H3,(H,28,31)(H,29,32). The molecule has 0 spiro atoms. The number of benzene rings is 3. The van der Waals surface area contributed by atoms with E-state index in [4.69, 9.17) is 9.47 Å². The molecule has 0 aromatic heterocycles. The maximum absolute atomic E-state index is 12.9. The highest BCUT2D eigenvalue weighted by molar-refractivity contribution is 5.97. The van der Waals surface area contributed by atoms with E-state index >= 15 is 0 Å². The van der Waals surface area contributed by atoms with E-state index in [1.54, 1.807) is 23.1 Å². The molecule has 34 heavy (non-hydrogen) atoms. The largest absolute Gasteiger partial charge is 0.497 e. The molecule has 0 bridgehead atoms. The molecule has 4 rings (SSSR count).